The number of terminal acetylenes is 1. The monoisotopic (exact) mass is 514 g/mol. The van der Waals surface area contributed by atoms with E-state index in [1.54, 1.807) is 41.3 Å². The molecule has 0 radical (unpaired) electrons. The smallest absolute Gasteiger partial charge is 0.257 e. The van der Waals surface area contributed by atoms with Crippen LogP contribution in [0.2, 0.25) is 5.02 Å². The van der Waals surface area contributed by atoms with Crippen LogP contribution in [0.4, 0.5) is 0 Å². The summed E-state index contributed by atoms with van der Waals surface area (Å²) in [6.45, 7) is 3.15. The molecule has 0 unspecified atom stereocenters. The third-order valence-electron chi connectivity index (χ3n) is 5.17. The molecule has 2 aromatic carbocycles. The zero-order valence-corrected chi connectivity index (χ0v) is 20.9. The van der Waals surface area contributed by atoms with Gasteiger partial charge in [-0.3, -0.25) is 4.79 Å². The molecular weight excluding hydrogens is 488 g/mol. The summed E-state index contributed by atoms with van der Waals surface area (Å²) in [5.41, 5.74) is 2.10. The number of furan rings is 1. The summed E-state index contributed by atoms with van der Waals surface area (Å²) in [4.78, 5) is 15.0. The van der Waals surface area contributed by atoms with Crippen molar-refractivity contribution in [1.29, 1.82) is 0 Å². The lowest BCUT2D eigenvalue weighted by Gasteiger charge is -2.24. The molecule has 0 atom stereocenters. The van der Waals surface area contributed by atoms with Crippen LogP contribution in [-0.4, -0.2) is 38.9 Å². The van der Waals surface area contributed by atoms with Crippen LogP contribution in [0.5, 0.6) is 5.75 Å². The highest BCUT2D eigenvalue weighted by molar-refractivity contribution is 7.89. The fraction of sp³-hybridized carbons (Fsp3) is 0.269. The number of nitrogens with one attached hydrogen (secondary N) is 1. The molecule has 0 aliphatic carbocycles. The minimum Gasteiger partial charge on any atom is -0.493 e. The van der Waals surface area contributed by atoms with Gasteiger partial charge in [0.15, 0.2) is 0 Å². The van der Waals surface area contributed by atoms with Gasteiger partial charge in [0.25, 0.3) is 5.91 Å². The van der Waals surface area contributed by atoms with Gasteiger partial charge in [-0.1, -0.05) is 36.6 Å². The zero-order valence-electron chi connectivity index (χ0n) is 19.4. The highest BCUT2D eigenvalue weighted by Gasteiger charge is 2.20. The molecule has 0 saturated heterocycles. The molecule has 9 heteroatoms. The summed E-state index contributed by atoms with van der Waals surface area (Å²) in [7, 11) is -3.66. The van der Waals surface area contributed by atoms with Gasteiger partial charge in [-0.05, 0) is 54.8 Å². The number of halogens is 1. The van der Waals surface area contributed by atoms with Crippen molar-refractivity contribution in [1.82, 2.24) is 9.62 Å². The summed E-state index contributed by atoms with van der Waals surface area (Å²) in [5.74, 6) is 2.73. The molecule has 0 saturated carbocycles. The Morgan fingerprint density at radius 1 is 1.20 bits per heavy atom. The number of carbonyl (C=O) groups excluding carboxylic acids is 1. The molecular formula is C26H27ClN2O5S. The van der Waals surface area contributed by atoms with Crippen molar-refractivity contribution in [2.45, 2.75) is 31.2 Å². The highest BCUT2D eigenvalue weighted by atomic mass is 35.5. The van der Waals surface area contributed by atoms with E-state index >= 15 is 0 Å². The maximum Gasteiger partial charge on any atom is 0.257 e. The summed E-state index contributed by atoms with van der Waals surface area (Å²) in [6.07, 6.45) is 9.35. The van der Waals surface area contributed by atoms with Crippen LogP contribution >= 0.6 is 11.6 Å². The van der Waals surface area contributed by atoms with Crippen molar-refractivity contribution in [3.63, 3.8) is 0 Å². The largest absolute Gasteiger partial charge is 0.493 e. The van der Waals surface area contributed by atoms with E-state index in [1.165, 1.54) is 24.7 Å². The van der Waals surface area contributed by atoms with E-state index in [4.69, 9.17) is 27.2 Å². The first-order chi connectivity index (χ1) is 16.8. The summed E-state index contributed by atoms with van der Waals surface area (Å²) in [5, 5.41) is 0.551. The molecule has 7 nitrogen and oxygen atoms in total. The van der Waals surface area contributed by atoms with Crippen LogP contribution in [0, 0.1) is 12.3 Å². The molecule has 0 bridgehead atoms. The van der Waals surface area contributed by atoms with Crippen LogP contribution < -0.4 is 9.46 Å². The predicted molar refractivity (Wildman–Crippen MR) is 135 cm³/mol. The number of hydrogen-bond acceptors (Lipinski definition) is 5. The lowest BCUT2D eigenvalue weighted by Crippen LogP contribution is -2.32. The number of hydrogen-bond donors (Lipinski definition) is 1. The fourth-order valence-corrected chi connectivity index (χ4v) is 4.50. The van der Waals surface area contributed by atoms with E-state index in [2.05, 4.69) is 10.6 Å². The zero-order chi connectivity index (χ0) is 25.3. The van der Waals surface area contributed by atoms with E-state index in [-0.39, 0.29) is 23.9 Å². The van der Waals surface area contributed by atoms with Gasteiger partial charge in [-0.2, -0.15) is 4.72 Å². The maximum atomic E-state index is 13.2. The number of benzene rings is 2. The van der Waals surface area contributed by atoms with Crippen LogP contribution in [0.25, 0.3) is 0 Å². The van der Waals surface area contributed by atoms with E-state index in [9.17, 15) is 13.2 Å². The molecule has 0 fully saturated rings. The van der Waals surface area contributed by atoms with Gasteiger partial charge >= 0.3 is 0 Å². The average molecular weight is 515 g/mol. The van der Waals surface area contributed by atoms with E-state index in [0.717, 1.165) is 17.5 Å². The molecule has 35 heavy (non-hydrogen) atoms. The van der Waals surface area contributed by atoms with Crippen LogP contribution in [0.15, 0.2) is 70.4 Å². The van der Waals surface area contributed by atoms with Gasteiger partial charge in [0.05, 0.1) is 29.9 Å². The molecule has 0 spiro atoms. The minimum atomic E-state index is -3.66. The fourth-order valence-electron chi connectivity index (χ4n) is 3.37. The second-order valence-electron chi connectivity index (χ2n) is 7.76. The molecule has 3 aromatic rings. The molecule has 0 aliphatic rings. The molecule has 1 N–H and O–H groups in total. The Balaban J connectivity index is 1.79. The number of amides is 1. The maximum absolute atomic E-state index is 13.2. The molecule has 1 aromatic heterocycles. The van der Waals surface area contributed by atoms with Crippen molar-refractivity contribution < 1.29 is 22.4 Å². The summed E-state index contributed by atoms with van der Waals surface area (Å²) >= 11 is 6.23. The topological polar surface area (TPSA) is 88.9 Å². The third kappa shape index (κ3) is 7.36. The Morgan fingerprint density at radius 3 is 2.63 bits per heavy atom. The van der Waals surface area contributed by atoms with Crippen molar-refractivity contribution in [3.05, 3.63) is 82.8 Å². The Labute approximate surface area is 211 Å². The first-order valence-electron chi connectivity index (χ1n) is 11.1. The molecule has 184 valence electrons. The highest BCUT2D eigenvalue weighted by Crippen LogP contribution is 2.26. The van der Waals surface area contributed by atoms with Gasteiger partial charge in [-0.25, -0.2) is 8.42 Å². The minimum absolute atomic E-state index is 0.0807. The lowest BCUT2D eigenvalue weighted by atomic mass is 10.1. The van der Waals surface area contributed by atoms with Gasteiger partial charge in [0.1, 0.15) is 12.0 Å². The number of sulfonamides is 1. The quantitative estimate of drug-likeness (QED) is 0.359. The molecule has 1 amide bonds. The molecule has 0 aliphatic heterocycles. The van der Waals surface area contributed by atoms with E-state index in [1.807, 2.05) is 6.92 Å². The van der Waals surface area contributed by atoms with Gasteiger partial charge < -0.3 is 14.1 Å². The van der Waals surface area contributed by atoms with Crippen molar-refractivity contribution >= 4 is 27.5 Å². The van der Waals surface area contributed by atoms with E-state index < -0.39 is 10.0 Å². The average Bonchev–Trinajstić information content (AvgIpc) is 3.40. The standard InChI is InChI=1S/C26H27ClN2O5S/c1-3-13-28-35(31,32)24-8-5-20(6-9-24)11-14-29(26(30)21-12-16-33-19-21)18-22-17-23(27)7-10-25(22)34-15-4-2/h1,5-10,12,16-17,19,28H,4,11,13-15,18H2,2H3. The van der Waals surface area contributed by atoms with Gasteiger partial charge in [-0.15, -0.1) is 6.42 Å². The SMILES string of the molecule is C#CCNS(=O)(=O)c1ccc(CCN(Cc2cc(Cl)ccc2OCCC)C(=O)c2ccoc2)cc1. The predicted octanol–water partition coefficient (Wildman–Crippen LogP) is 4.52. The van der Waals surface area contributed by atoms with Crippen LogP contribution in [-0.2, 0) is 23.0 Å². The second-order valence-corrected chi connectivity index (χ2v) is 9.97. The summed E-state index contributed by atoms with van der Waals surface area (Å²) < 4.78 is 37.8. The number of ether oxygens (including phenoxy) is 1. The molecule has 1 heterocycles. The molecule has 3 rings (SSSR count). The van der Waals surface area contributed by atoms with Crippen molar-refractivity contribution in [3.8, 4) is 18.1 Å². The Morgan fingerprint density at radius 2 is 1.97 bits per heavy atom. The number of carbonyl (C=O) groups is 1. The van der Waals surface area contributed by atoms with Crippen molar-refractivity contribution in [2.24, 2.45) is 0 Å². The Bertz CT molecular complexity index is 1270. The van der Waals surface area contributed by atoms with Crippen molar-refractivity contribution in [2.75, 3.05) is 19.7 Å². The Hall–Kier alpha value is -3.25. The Kier molecular flexibility index (Phi) is 9.38. The first-order valence-corrected chi connectivity index (χ1v) is 12.9. The van der Waals surface area contributed by atoms with Crippen LogP contribution in [0.1, 0.15) is 34.8 Å². The first kappa shape index (κ1) is 26.4. The second kappa shape index (κ2) is 12.5. The normalized spacial score (nSPS) is 11.1. The van der Waals surface area contributed by atoms with Crippen LogP contribution in [0.3, 0.4) is 0 Å². The van der Waals surface area contributed by atoms with Gasteiger partial charge in [0.2, 0.25) is 10.0 Å². The third-order valence-corrected chi connectivity index (χ3v) is 6.82. The van der Waals surface area contributed by atoms with Gasteiger partial charge in [0, 0.05) is 23.7 Å². The lowest BCUT2D eigenvalue weighted by molar-refractivity contribution is 0.0743. The van der Waals surface area contributed by atoms with E-state index in [0.29, 0.717) is 35.9 Å². The summed E-state index contributed by atoms with van der Waals surface area (Å²) in [6, 6.07) is 13.5. The number of nitrogens with zero attached hydrogens (tertiary/aromatic N) is 1. The number of rotatable bonds is 12.